The summed E-state index contributed by atoms with van der Waals surface area (Å²) in [5.74, 6) is -0.983. The predicted octanol–water partition coefficient (Wildman–Crippen LogP) is 20.2. The maximum absolute atomic E-state index is 12.8. The monoisotopic (exact) mass is 1010 g/mol. The molecule has 0 aliphatic carbocycles. The van der Waals surface area contributed by atoms with Gasteiger partial charge in [-0.2, -0.15) is 0 Å². The van der Waals surface area contributed by atoms with Gasteiger partial charge in [0.2, 0.25) is 0 Å². The van der Waals surface area contributed by atoms with Crippen molar-refractivity contribution in [3.63, 3.8) is 0 Å². The largest absolute Gasteiger partial charge is 0.462 e. The van der Waals surface area contributed by atoms with Crippen LogP contribution in [0.4, 0.5) is 0 Å². The van der Waals surface area contributed by atoms with Gasteiger partial charge < -0.3 is 14.2 Å². The molecule has 0 bridgehead atoms. The first kappa shape index (κ1) is 68.6. The highest BCUT2D eigenvalue weighted by Crippen LogP contribution is 2.14. The van der Waals surface area contributed by atoms with Gasteiger partial charge in [-0.25, -0.2) is 0 Å². The highest BCUT2D eigenvalue weighted by Gasteiger charge is 2.19. The number of unbranched alkanes of at least 4 members (excludes halogenated alkanes) is 19. The molecule has 0 radical (unpaired) electrons. The molecule has 412 valence electrons. The molecule has 0 amide bonds. The quantitative estimate of drug-likeness (QED) is 0.0261. The molecule has 0 aliphatic rings. The van der Waals surface area contributed by atoms with Crippen molar-refractivity contribution >= 4 is 17.9 Å². The number of allylic oxidation sites excluding steroid dienone is 22. The fourth-order valence-electron chi connectivity index (χ4n) is 7.72. The Morgan fingerprint density at radius 3 is 0.945 bits per heavy atom. The Labute approximate surface area is 449 Å². The van der Waals surface area contributed by atoms with Gasteiger partial charge in [-0.15, -0.1) is 0 Å². The average molecular weight is 1010 g/mol. The molecular formula is C67H108O6. The van der Waals surface area contributed by atoms with Gasteiger partial charge in [0.15, 0.2) is 6.10 Å². The summed E-state index contributed by atoms with van der Waals surface area (Å²) >= 11 is 0. The van der Waals surface area contributed by atoms with Crippen molar-refractivity contribution in [2.45, 2.75) is 258 Å². The summed E-state index contributed by atoms with van der Waals surface area (Å²) in [6.45, 7) is 6.39. The van der Waals surface area contributed by atoms with Crippen LogP contribution in [-0.2, 0) is 28.6 Å². The van der Waals surface area contributed by atoms with Crippen molar-refractivity contribution in [1.29, 1.82) is 0 Å². The zero-order valence-electron chi connectivity index (χ0n) is 47.1. The van der Waals surface area contributed by atoms with E-state index >= 15 is 0 Å². The first-order chi connectivity index (χ1) is 36.0. The van der Waals surface area contributed by atoms with Gasteiger partial charge in [0.05, 0.1) is 0 Å². The topological polar surface area (TPSA) is 78.9 Å². The number of esters is 3. The molecule has 0 saturated heterocycles. The van der Waals surface area contributed by atoms with Gasteiger partial charge >= 0.3 is 17.9 Å². The molecule has 0 heterocycles. The third-order valence-electron chi connectivity index (χ3n) is 12.1. The van der Waals surface area contributed by atoms with Crippen LogP contribution in [0.5, 0.6) is 0 Å². The summed E-state index contributed by atoms with van der Waals surface area (Å²) in [6.07, 6.45) is 84.5. The van der Waals surface area contributed by atoms with Crippen molar-refractivity contribution < 1.29 is 28.6 Å². The molecule has 0 spiro atoms. The Morgan fingerprint density at radius 1 is 0.288 bits per heavy atom. The first-order valence-corrected chi connectivity index (χ1v) is 29.7. The van der Waals surface area contributed by atoms with Crippen LogP contribution in [0.2, 0.25) is 0 Å². The van der Waals surface area contributed by atoms with Gasteiger partial charge in [0, 0.05) is 19.3 Å². The lowest BCUT2D eigenvalue weighted by atomic mass is 10.0. The minimum absolute atomic E-state index is 0.103. The Hall–Kier alpha value is -4.45. The van der Waals surface area contributed by atoms with Crippen LogP contribution in [0.15, 0.2) is 134 Å². The van der Waals surface area contributed by atoms with Crippen LogP contribution in [-0.4, -0.2) is 37.2 Å². The smallest absolute Gasteiger partial charge is 0.306 e. The SMILES string of the molecule is CC/C=C\C/C=C\C/C=C\C/C=C\C/C=C\C/C=C\C/C=C\C/C=C\C/C=C\CCCC(=O)OCC(COC(=O)CCCCCCCCCCCCCCC)OC(=O)CCCCCCC/C=C\C/C=C\CCC. The van der Waals surface area contributed by atoms with Crippen LogP contribution in [0.1, 0.15) is 252 Å². The van der Waals surface area contributed by atoms with E-state index in [1.165, 1.54) is 70.6 Å². The van der Waals surface area contributed by atoms with Gasteiger partial charge in [0.25, 0.3) is 0 Å². The number of carbonyl (C=O) groups is 3. The lowest BCUT2D eigenvalue weighted by Crippen LogP contribution is -2.30. The summed E-state index contributed by atoms with van der Waals surface area (Å²) in [7, 11) is 0. The molecule has 0 aromatic heterocycles. The van der Waals surface area contributed by atoms with Gasteiger partial charge in [-0.1, -0.05) is 257 Å². The van der Waals surface area contributed by atoms with Gasteiger partial charge in [-0.3, -0.25) is 14.4 Å². The van der Waals surface area contributed by atoms with E-state index in [1.807, 2.05) is 0 Å². The third kappa shape index (κ3) is 58.3. The molecule has 0 N–H and O–H groups in total. The standard InChI is InChI=1S/C67H108O6/c1-4-7-10-13-16-19-22-25-26-27-28-29-30-31-32-33-34-35-36-37-38-39-40-43-45-48-51-54-57-60-66(69)72-63-64(73-67(70)61-58-55-52-49-46-42-24-21-18-15-12-9-6-3)62-71-65(68)59-56-53-50-47-44-41-23-20-17-14-11-8-5-2/h7,10,12,15-16,19,21,24-26,28-29,31-32,34-35,37-38,40,43,48,51,64H,4-6,8-9,11,13-14,17-18,20,22-23,27,30,33,36,39,41-42,44-47,49-50,52-63H2,1-3H3/b10-7-,15-12-,19-16-,24-21-,26-25-,29-28-,32-31-,35-34-,38-37-,43-40-,51-48-. The Morgan fingerprint density at radius 2 is 0.575 bits per heavy atom. The van der Waals surface area contributed by atoms with Crippen molar-refractivity contribution in [3.05, 3.63) is 134 Å². The molecule has 1 atom stereocenters. The summed E-state index contributed by atoms with van der Waals surface area (Å²) in [4.78, 5) is 38.1. The van der Waals surface area contributed by atoms with E-state index in [1.54, 1.807) is 0 Å². The Bertz CT molecular complexity index is 1580. The molecule has 0 fully saturated rings. The zero-order valence-corrected chi connectivity index (χ0v) is 47.1. The van der Waals surface area contributed by atoms with E-state index in [2.05, 4.69) is 154 Å². The predicted molar refractivity (Wildman–Crippen MR) is 316 cm³/mol. The normalized spacial score (nSPS) is 13.1. The van der Waals surface area contributed by atoms with Crippen LogP contribution in [0, 0.1) is 0 Å². The second-order valence-electron chi connectivity index (χ2n) is 19.2. The van der Waals surface area contributed by atoms with E-state index in [-0.39, 0.29) is 37.5 Å². The van der Waals surface area contributed by atoms with E-state index < -0.39 is 6.10 Å². The minimum atomic E-state index is -0.811. The molecule has 6 heteroatoms. The van der Waals surface area contributed by atoms with Crippen LogP contribution < -0.4 is 0 Å². The Kier molecular flexibility index (Phi) is 56.4. The summed E-state index contributed by atoms with van der Waals surface area (Å²) in [5.41, 5.74) is 0. The summed E-state index contributed by atoms with van der Waals surface area (Å²) in [6, 6.07) is 0. The van der Waals surface area contributed by atoms with Crippen molar-refractivity contribution in [1.82, 2.24) is 0 Å². The molecule has 0 aliphatic heterocycles. The zero-order chi connectivity index (χ0) is 52.9. The van der Waals surface area contributed by atoms with E-state index in [0.29, 0.717) is 19.3 Å². The van der Waals surface area contributed by atoms with Crippen LogP contribution in [0.3, 0.4) is 0 Å². The molecule has 73 heavy (non-hydrogen) atoms. The first-order valence-electron chi connectivity index (χ1n) is 29.7. The third-order valence-corrected chi connectivity index (χ3v) is 12.1. The van der Waals surface area contributed by atoms with Gasteiger partial charge in [0.1, 0.15) is 13.2 Å². The van der Waals surface area contributed by atoms with Crippen LogP contribution in [0.25, 0.3) is 0 Å². The fraction of sp³-hybridized carbons (Fsp3) is 0.627. The van der Waals surface area contributed by atoms with Crippen molar-refractivity contribution in [2.75, 3.05) is 13.2 Å². The molecule has 6 nitrogen and oxygen atoms in total. The lowest BCUT2D eigenvalue weighted by Gasteiger charge is -2.18. The maximum Gasteiger partial charge on any atom is 0.306 e. The van der Waals surface area contributed by atoms with E-state index in [9.17, 15) is 14.4 Å². The number of hydrogen-bond donors (Lipinski definition) is 0. The molecule has 0 rings (SSSR count). The Balaban J connectivity index is 4.42. The highest BCUT2D eigenvalue weighted by molar-refractivity contribution is 5.71. The molecule has 0 saturated carbocycles. The lowest BCUT2D eigenvalue weighted by molar-refractivity contribution is -0.167. The number of hydrogen-bond acceptors (Lipinski definition) is 6. The average Bonchev–Trinajstić information content (AvgIpc) is 3.39. The van der Waals surface area contributed by atoms with Crippen molar-refractivity contribution in [2.24, 2.45) is 0 Å². The highest BCUT2D eigenvalue weighted by atomic mass is 16.6. The maximum atomic E-state index is 12.8. The molecule has 0 aromatic carbocycles. The second-order valence-corrected chi connectivity index (χ2v) is 19.2. The fourth-order valence-corrected chi connectivity index (χ4v) is 7.72. The molecular weight excluding hydrogens is 901 g/mol. The molecule has 0 aromatic rings. The number of carbonyl (C=O) groups excluding carboxylic acids is 3. The second kappa shape index (κ2) is 60.1. The number of ether oxygens (including phenoxy) is 3. The molecule has 1 unspecified atom stereocenters. The van der Waals surface area contributed by atoms with E-state index in [4.69, 9.17) is 14.2 Å². The minimum Gasteiger partial charge on any atom is -0.462 e. The summed E-state index contributed by atoms with van der Waals surface area (Å²) < 4.78 is 16.8. The summed E-state index contributed by atoms with van der Waals surface area (Å²) in [5, 5.41) is 0. The number of rotatable bonds is 52. The van der Waals surface area contributed by atoms with E-state index in [0.717, 1.165) is 135 Å². The van der Waals surface area contributed by atoms with Gasteiger partial charge in [-0.05, 0) is 109 Å². The van der Waals surface area contributed by atoms with Crippen LogP contribution >= 0.6 is 0 Å². The van der Waals surface area contributed by atoms with Crippen molar-refractivity contribution in [3.8, 4) is 0 Å².